The molecule has 1 aromatic carbocycles. The number of hydrogen-bond acceptors (Lipinski definition) is 2. The lowest BCUT2D eigenvalue weighted by Gasteiger charge is -2.04. The highest BCUT2D eigenvalue weighted by atomic mass is 16.1. The molecular weight excluding hydrogens is 224 g/mol. The highest BCUT2D eigenvalue weighted by molar-refractivity contribution is 5.98. The van der Waals surface area contributed by atoms with E-state index in [0.717, 1.165) is 27.7 Å². The van der Waals surface area contributed by atoms with Gasteiger partial charge in [0.25, 0.3) is 0 Å². The highest BCUT2D eigenvalue weighted by Gasteiger charge is 2.07. The number of ketones is 1. The lowest BCUT2D eigenvalue weighted by atomic mass is 10.0. The second-order valence-corrected chi connectivity index (χ2v) is 4.24. The molecule has 3 aromatic rings. The van der Waals surface area contributed by atoms with Crippen LogP contribution in [-0.4, -0.2) is 15.8 Å². The number of Topliss-reactive ketones (excluding diaryl/α,β-unsaturated/α-hetero) is 1. The number of carbonyl (C=O) groups excluding carboxylic acids is 1. The number of rotatable bonds is 2. The Morgan fingerprint density at radius 3 is 2.94 bits per heavy atom. The van der Waals surface area contributed by atoms with Crippen LogP contribution in [0.25, 0.3) is 22.2 Å². The first-order valence-corrected chi connectivity index (χ1v) is 5.79. The summed E-state index contributed by atoms with van der Waals surface area (Å²) in [5, 5.41) is 1.07. The molecule has 0 atom stereocenters. The van der Waals surface area contributed by atoms with Crippen LogP contribution < -0.4 is 0 Å². The first kappa shape index (κ1) is 10.7. The van der Waals surface area contributed by atoms with Crippen molar-refractivity contribution in [3.63, 3.8) is 0 Å². The van der Waals surface area contributed by atoms with E-state index in [1.807, 2.05) is 42.6 Å². The molecule has 18 heavy (non-hydrogen) atoms. The van der Waals surface area contributed by atoms with Crippen molar-refractivity contribution in [1.29, 1.82) is 0 Å². The summed E-state index contributed by atoms with van der Waals surface area (Å²) in [4.78, 5) is 18.8. The van der Waals surface area contributed by atoms with E-state index in [0.29, 0.717) is 0 Å². The summed E-state index contributed by atoms with van der Waals surface area (Å²) in [6, 6.07) is 11.6. The number of aromatic nitrogens is 2. The first-order valence-electron chi connectivity index (χ1n) is 5.79. The molecule has 0 saturated carbocycles. The van der Waals surface area contributed by atoms with Gasteiger partial charge >= 0.3 is 0 Å². The largest absolute Gasteiger partial charge is 0.346 e. The van der Waals surface area contributed by atoms with Gasteiger partial charge < -0.3 is 4.98 Å². The van der Waals surface area contributed by atoms with Crippen molar-refractivity contribution in [1.82, 2.24) is 9.97 Å². The van der Waals surface area contributed by atoms with Gasteiger partial charge in [-0.25, -0.2) is 4.98 Å². The van der Waals surface area contributed by atoms with Crippen LogP contribution in [0.3, 0.4) is 0 Å². The predicted molar refractivity (Wildman–Crippen MR) is 71.5 cm³/mol. The number of hydrogen-bond donors (Lipinski definition) is 1. The standard InChI is InChI=1S/C15H12N2O/c1-10(18)11-3-2-4-12(9-11)13-5-7-16-15-14(13)6-8-17-15/h2-9H,1H3,(H,16,17). The Bertz CT molecular complexity index is 728. The molecule has 3 rings (SSSR count). The molecule has 0 radical (unpaired) electrons. The molecule has 0 saturated heterocycles. The van der Waals surface area contributed by atoms with Crippen LogP contribution in [0.2, 0.25) is 0 Å². The normalized spacial score (nSPS) is 10.7. The van der Waals surface area contributed by atoms with E-state index in [1.54, 1.807) is 13.1 Å². The van der Waals surface area contributed by atoms with Crippen molar-refractivity contribution in [2.45, 2.75) is 6.92 Å². The summed E-state index contributed by atoms with van der Waals surface area (Å²) >= 11 is 0. The number of nitrogens with one attached hydrogen (secondary N) is 1. The van der Waals surface area contributed by atoms with Gasteiger partial charge in [-0.05, 0) is 36.2 Å². The first-order chi connectivity index (χ1) is 8.75. The summed E-state index contributed by atoms with van der Waals surface area (Å²) in [5.41, 5.74) is 3.72. The van der Waals surface area contributed by atoms with Crippen molar-refractivity contribution in [2.24, 2.45) is 0 Å². The van der Waals surface area contributed by atoms with Gasteiger partial charge in [0.05, 0.1) is 0 Å². The minimum atomic E-state index is 0.0798. The Kier molecular flexibility index (Phi) is 2.45. The Hall–Kier alpha value is -2.42. The van der Waals surface area contributed by atoms with E-state index < -0.39 is 0 Å². The molecule has 0 unspecified atom stereocenters. The van der Waals surface area contributed by atoms with Crippen LogP contribution >= 0.6 is 0 Å². The quantitative estimate of drug-likeness (QED) is 0.693. The van der Waals surface area contributed by atoms with Crippen molar-refractivity contribution in [2.75, 3.05) is 0 Å². The van der Waals surface area contributed by atoms with Gasteiger partial charge in [-0.2, -0.15) is 0 Å². The second kappa shape index (κ2) is 4.11. The van der Waals surface area contributed by atoms with Gasteiger partial charge in [0, 0.05) is 23.3 Å². The van der Waals surface area contributed by atoms with Crippen molar-refractivity contribution in [3.05, 3.63) is 54.4 Å². The smallest absolute Gasteiger partial charge is 0.159 e. The Morgan fingerprint density at radius 1 is 1.22 bits per heavy atom. The fraction of sp³-hybridized carbons (Fsp3) is 0.0667. The number of H-pyrrole nitrogens is 1. The molecule has 3 heteroatoms. The zero-order chi connectivity index (χ0) is 12.5. The van der Waals surface area contributed by atoms with Crippen LogP contribution in [0.4, 0.5) is 0 Å². The fourth-order valence-electron chi connectivity index (χ4n) is 2.12. The molecule has 1 N–H and O–H groups in total. The van der Waals surface area contributed by atoms with E-state index in [4.69, 9.17) is 0 Å². The van der Waals surface area contributed by atoms with Crippen LogP contribution in [0, 0.1) is 0 Å². The van der Waals surface area contributed by atoms with Crippen LogP contribution in [-0.2, 0) is 0 Å². The number of aromatic amines is 1. The molecule has 0 aliphatic heterocycles. The molecule has 2 heterocycles. The third-order valence-corrected chi connectivity index (χ3v) is 3.04. The van der Waals surface area contributed by atoms with Crippen LogP contribution in [0.5, 0.6) is 0 Å². The monoisotopic (exact) mass is 236 g/mol. The molecule has 0 amide bonds. The number of pyridine rings is 1. The van der Waals surface area contributed by atoms with E-state index >= 15 is 0 Å². The molecule has 0 bridgehead atoms. The van der Waals surface area contributed by atoms with Crippen molar-refractivity contribution < 1.29 is 4.79 Å². The second-order valence-electron chi connectivity index (χ2n) is 4.24. The number of carbonyl (C=O) groups is 1. The Morgan fingerprint density at radius 2 is 2.11 bits per heavy atom. The van der Waals surface area contributed by atoms with Crippen molar-refractivity contribution in [3.8, 4) is 11.1 Å². The lowest BCUT2D eigenvalue weighted by molar-refractivity contribution is 0.101. The van der Waals surface area contributed by atoms with Gasteiger partial charge in [0.15, 0.2) is 5.78 Å². The van der Waals surface area contributed by atoms with Crippen LogP contribution in [0.1, 0.15) is 17.3 Å². The van der Waals surface area contributed by atoms with Crippen LogP contribution in [0.15, 0.2) is 48.8 Å². The molecule has 88 valence electrons. The molecule has 0 fully saturated rings. The summed E-state index contributed by atoms with van der Waals surface area (Å²) in [6.45, 7) is 1.58. The number of benzene rings is 1. The van der Waals surface area contributed by atoms with E-state index in [2.05, 4.69) is 9.97 Å². The molecule has 0 spiro atoms. The van der Waals surface area contributed by atoms with E-state index in [-0.39, 0.29) is 5.78 Å². The highest BCUT2D eigenvalue weighted by Crippen LogP contribution is 2.27. The van der Waals surface area contributed by atoms with Gasteiger partial charge in [-0.3, -0.25) is 4.79 Å². The van der Waals surface area contributed by atoms with Gasteiger partial charge in [0.2, 0.25) is 0 Å². The average Bonchev–Trinajstić information content (AvgIpc) is 2.87. The lowest BCUT2D eigenvalue weighted by Crippen LogP contribution is -1.92. The van der Waals surface area contributed by atoms with E-state index in [9.17, 15) is 4.79 Å². The minimum absolute atomic E-state index is 0.0798. The SMILES string of the molecule is CC(=O)c1cccc(-c2ccnc3[nH]ccc23)c1. The molecule has 0 aliphatic rings. The number of fused-ring (bicyclic) bond motifs is 1. The Balaban J connectivity index is 2.23. The summed E-state index contributed by atoms with van der Waals surface area (Å²) in [5.74, 6) is 0.0798. The maximum atomic E-state index is 11.4. The summed E-state index contributed by atoms with van der Waals surface area (Å²) in [7, 11) is 0. The minimum Gasteiger partial charge on any atom is -0.346 e. The zero-order valence-corrected chi connectivity index (χ0v) is 9.97. The third kappa shape index (κ3) is 1.70. The number of nitrogens with zero attached hydrogens (tertiary/aromatic N) is 1. The predicted octanol–water partition coefficient (Wildman–Crippen LogP) is 3.43. The summed E-state index contributed by atoms with van der Waals surface area (Å²) in [6.07, 6.45) is 3.64. The molecular formula is C15H12N2O. The van der Waals surface area contributed by atoms with Gasteiger partial charge in [-0.15, -0.1) is 0 Å². The summed E-state index contributed by atoms with van der Waals surface area (Å²) < 4.78 is 0. The average molecular weight is 236 g/mol. The van der Waals surface area contributed by atoms with Gasteiger partial charge in [0.1, 0.15) is 5.65 Å². The third-order valence-electron chi connectivity index (χ3n) is 3.04. The molecule has 2 aromatic heterocycles. The van der Waals surface area contributed by atoms with E-state index in [1.165, 1.54) is 0 Å². The zero-order valence-electron chi connectivity index (χ0n) is 9.97. The molecule has 3 nitrogen and oxygen atoms in total. The maximum Gasteiger partial charge on any atom is 0.159 e. The topological polar surface area (TPSA) is 45.8 Å². The fourth-order valence-corrected chi connectivity index (χ4v) is 2.12. The van der Waals surface area contributed by atoms with Gasteiger partial charge in [-0.1, -0.05) is 18.2 Å². The van der Waals surface area contributed by atoms with Crippen molar-refractivity contribution >= 4 is 16.8 Å². The maximum absolute atomic E-state index is 11.4. The Labute approximate surface area is 104 Å². The molecule has 0 aliphatic carbocycles.